The highest BCUT2D eigenvalue weighted by atomic mass is 32.1. The standard InChI is InChI=1S/C12H22N4O2S/c1-3-9(2)15-4-6-16(7-5-15)12(18)11(17)14-8-10(13)19/h9H,3-8H2,1-2H3,(H2,13,19)(H,14,17). The average Bonchev–Trinajstić information content (AvgIpc) is 2.43. The Morgan fingerprint density at radius 1 is 1.32 bits per heavy atom. The molecule has 0 aliphatic carbocycles. The lowest BCUT2D eigenvalue weighted by atomic mass is 10.2. The monoisotopic (exact) mass is 286 g/mol. The van der Waals surface area contributed by atoms with E-state index in [0.717, 1.165) is 19.5 Å². The van der Waals surface area contributed by atoms with Gasteiger partial charge in [0, 0.05) is 32.2 Å². The molecule has 6 nitrogen and oxygen atoms in total. The van der Waals surface area contributed by atoms with Crippen LogP contribution in [-0.4, -0.2) is 65.4 Å². The van der Waals surface area contributed by atoms with Crippen molar-refractivity contribution in [2.24, 2.45) is 5.73 Å². The summed E-state index contributed by atoms with van der Waals surface area (Å²) in [4.78, 5) is 27.5. The van der Waals surface area contributed by atoms with E-state index in [4.69, 9.17) is 5.73 Å². The lowest BCUT2D eigenvalue weighted by Crippen LogP contribution is -2.54. The minimum atomic E-state index is -0.634. The molecule has 2 amide bonds. The van der Waals surface area contributed by atoms with E-state index < -0.39 is 11.8 Å². The van der Waals surface area contributed by atoms with Crippen LogP contribution in [0.3, 0.4) is 0 Å². The third kappa shape index (κ3) is 4.76. The van der Waals surface area contributed by atoms with Crippen LogP contribution in [0.15, 0.2) is 0 Å². The molecule has 0 saturated carbocycles. The van der Waals surface area contributed by atoms with E-state index in [0.29, 0.717) is 19.1 Å². The number of nitrogens with two attached hydrogens (primary N) is 1. The van der Waals surface area contributed by atoms with Crippen molar-refractivity contribution in [1.82, 2.24) is 15.1 Å². The molecule has 1 aliphatic rings. The molecule has 19 heavy (non-hydrogen) atoms. The fourth-order valence-electron chi connectivity index (χ4n) is 2.01. The number of carbonyl (C=O) groups excluding carboxylic acids is 2. The number of thiocarbonyl (C=S) groups is 1. The number of amides is 2. The molecule has 1 unspecified atom stereocenters. The molecule has 0 bridgehead atoms. The molecule has 1 heterocycles. The first-order valence-corrected chi connectivity index (χ1v) is 6.96. The first-order chi connectivity index (χ1) is 8.95. The van der Waals surface area contributed by atoms with Gasteiger partial charge in [0.25, 0.3) is 0 Å². The Hall–Kier alpha value is -1.21. The molecule has 0 aromatic carbocycles. The van der Waals surface area contributed by atoms with Gasteiger partial charge in [-0.15, -0.1) is 0 Å². The van der Waals surface area contributed by atoms with Crippen molar-refractivity contribution in [1.29, 1.82) is 0 Å². The summed E-state index contributed by atoms with van der Waals surface area (Å²) in [5, 5.41) is 2.41. The van der Waals surface area contributed by atoms with Crippen LogP contribution in [-0.2, 0) is 9.59 Å². The zero-order valence-electron chi connectivity index (χ0n) is 11.5. The summed E-state index contributed by atoms with van der Waals surface area (Å²) >= 11 is 4.65. The molecular weight excluding hydrogens is 264 g/mol. The second-order valence-electron chi connectivity index (χ2n) is 4.73. The minimum Gasteiger partial charge on any atom is -0.392 e. The van der Waals surface area contributed by atoms with Crippen molar-refractivity contribution in [2.75, 3.05) is 32.7 Å². The van der Waals surface area contributed by atoms with Gasteiger partial charge in [0.1, 0.15) is 0 Å². The molecule has 0 spiro atoms. The average molecular weight is 286 g/mol. The largest absolute Gasteiger partial charge is 0.392 e. The number of hydrogen-bond acceptors (Lipinski definition) is 4. The van der Waals surface area contributed by atoms with Crippen LogP contribution in [0.4, 0.5) is 0 Å². The Balaban J connectivity index is 2.40. The van der Waals surface area contributed by atoms with E-state index in [1.807, 2.05) is 0 Å². The van der Waals surface area contributed by atoms with E-state index in [1.54, 1.807) is 4.90 Å². The molecule has 7 heteroatoms. The summed E-state index contributed by atoms with van der Waals surface area (Å²) in [6.45, 7) is 7.17. The molecule has 108 valence electrons. The quantitative estimate of drug-likeness (QED) is 0.529. The van der Waals surface area contributed by atoms with Crippen LogP contribution >= 0.6 is 12.2 Å². The van der Waals surface area contributed by atoms with Gasteiger partial charge >= 0.3 is 11.8 Å². The van der Waals surface area contributed by atoms with Gasteiger partial charge in [0.15, 0.2) is 0 Å². The maximum absolute atomic E-state index is 11.9. The van der Waals surface area contributed by atoms with Crippen molar-refractivity contribution in [3.05, 3.63) is 0 Å². The Labute approximate surface area is 119 Å². The van der Waals surface area contributed by atoms with Crippen LogP contribution in [0.25, 0.3) is 0 Å². The predicted molar refractivity (Wildman–Crippen MR) is 77.7 cm³/mol. The molecule has 0 radical (unpaired) electrons. The predicted octanol–water partition coefficient (Wildman–Crippen LogP) is -0.669. The zero-order chi connectivity index (χ0) is 14.4. The SMILES string of the molecule is CCC(C)N1CCN(C(=O)C(=O)NCC(N)=S)CC1. The van der Waals surface area contributed by atoms with Crippen molar-refractivity contribution in [2.45, 2.75) is 26.3 Å². The van der Waals surface area contributed by atoms with Crippen molar-refractivity contribution in [3.8, 4) is 0 Å². The summed E-state index contributed by atoms with van der Waals surface area (Å²) in [6, 6.07) is 0.515. The second-order valence-corrected chi connectivity index (χ2v) is 5.26. The lowest BCUT2D eigenvalue weighted by Gasteiger charge is -2.37. The van der Waals surface area contributed by atoms with Gasteiger partial charge in [0.2, 0.25) is 0 Å². The normalized spacial score (nSPS) is 17.9. The third-order valence-corrected chi connectivity index (χ3v) is 3.58. The maximum atomic E-state index is 11.9. The van der Waals surface area contributed by atoms with Gasteiger partial charge in [-0.25, -0.2) is 0 Å². The number of nitrogens with one attached hydrogen (secondary N) is 1. The molecule has 1 atom stereocenters. The van der Waals surface area contributed by atoms with E-state index in [1.165, 1.54) is 0 Å². The Kier molecular flexibility index (Phi) is 6.17. The summed E-state index contributed by atoms with van der Waals surface area (Å²) in [7, 11) is 0. The van der Waals surface area contributed by atoms with Gasteiger partial charge in [-0.05, 0) is 13.3 Å². The molecule has 0 aromatic heterocycles. The molecule has 1 saturated heterocycles. The van der Waals surface area contributed by atoms with Gasteiger partial charge in [-0.3, -0.25) is 14.5 Å². The summed E-state index contributed by atoms with van der Waals surface area (Å²) in [5.74, 6) is -1.13. The maximum Gasteiger partial charge on any atom is 0.311 e. The molecule has 1 rings (SSSR count). The minimum absolute atomic E-state index is 0.0622. The lowest BCUT2D eigenvalue weighted by molar-refractivity contribution is -0.147. The van der Waals surface area contributed by atoms with Crippen molar-refractivity contribution >= 4 is 29.0 Å². The van der Waals surface area contributed by atoms with Gasteiger partial charge in [0.05, 0.1) is 11.5 Å². The van der Waals surface area contributed by atoms with Crippen LogP contribution in [0, 0.1) is 0 Å². The molecule has 1 fully saturated rings. The van der Waals surface area contributed by atoms with Crippen LogP contribution < -0.4 is 11.1 Å². The van der Waals surface area contributed by atoms with Crippen LogP contribution in [0.2, 0.25) is 0 Å². The first-order valence-electron chi connectivity index (χ1n) is 6.55. The first kappa shape index (κ1) is 15.8. The fourth-order valence-corrected chi connectivity index (χ4v) is 2.08. The number of piperazine rings is 1. The number of nitrogens with zero attached hydrogens (tertiary/aromatic N) is 2. The molecule has 0 aromatic rings. The summed E-state index contributed by atoms with van der Waals surface area (Å²) < 4.78 is 0. The van der Waals surface area contributed by atoms with Crippen LogP contribution in [0.5, 0.6) is 0 Å². The highest BCUT2D eigenvalue weighted by Crippen LogP contribution is 2.08. The highest BCUT2D eigenvalue weighted by Gasteiger charge is 2.27. The summed E-state index contributed by atoms with van der Waals surface area (Å²) in [5.41, 5.74) is 5.27. The summed E-state index contributed by atoms with van der Waals surface area (Å²) in [6.07, 6.45) is 1.09. The second kappa shape index (κ2) is 7.40. The number of carbonyl (C=O) groups is 2. The topological polar surface area (TPSA) is 78.7 Å². The Morgan fingerprint density at radius 2 is 1.89 bits per heavy atom. The van der Waals surface area contributed by atoms with Gasteiger partial charge in [-0.2, -0.15) is 0 Å². The highest BCUT2D eigenvalue weighted by molar-refractivity contribution is 7.80. The number of rotatable bonds is 4. The van der Waals surface area contributed by atoms with E-state index >= 15 is 0 Å². The fraction of sp³-hybridized carbons (Fsp3) is 0.750. The zero-order valence-corrected chi connectivity index (χ0v) is 12.3. The van der Waals surface area contributed by atoms with Crippen molar-refractivity contribution in [3.63, 3.8) is 0 Å². The smallest absolute Gasteiger partial charge is 0.311 e. The van der Waals surface area contributed by atoms with Crippen LogP contribution in [0.1, 0.15) is 20.3 Å². The van der Waals surface area contributed by atoms with E-state index in [9.17, 15) is 9.59 Å². The third-order valence-electron chi connectivity index (χ3n) is 3.43. The molecule has 3 N–H and O–H groups in total. The van der Waals surface area contributed by atoms with E-state index in [2.05, 4.69) is 36.3 Å². The molecular formula is C12H22N4O2S. The van der Waals surface area contributed by atoms with Crippen molar-refractivity contribution < 1.29 is 9.59 Å². The number of hydrogen-bond donors (Lipinski definition) is 2. The van der Waals surface area contributed by atoms with Gasteiger partial charge in [-0.1, -0.05) is 19.1 Å². The Morgan fingerprint density at radius 3 is 2.37 bits per heavy atom. The Bertz CT molecular complexity index is 354. The molecule has 1 aliphatic heterocycles. The van der Waals surface area contributed by atoms with Gasteiger partial charge < -0.3 is 16.0 Å². The van der Waals surface area contributed by atoms with E-state index in [-0.39, 0.29) is 11.5 Å².